The van der Waals surface area contributed by atoms with Crippen LogP contribution in [-0.4, -0.2) is 36.6 Å². The molecule has 2 aromatic heterocycles. The van der Waals surface area contributed by atoms with E-state index in [1.807, 2.05) is 0 Å². The largest absolute Gasteiger partial charge is 0.402 e. The summed E-state index contributed by atoms with van der Waals surface area (Å²) in [6.45, 7) is 0.582. The Balaban J connectivity index is 1.55. The molecule has 0 aliphatic carbocycles. The smallest absolute Gasteiger partial charge is 0.321 e. The summed E-state index contributed by atoms with van der Waals surface area (Å²) in [6.07, 6.45) is -3.12. The third kappa shape index (κ3) is 4.27. The van der Waals surface area contributed by atoms with Crippen LogP contribution in [0.3, 0.4) is 0 Å². The third-order valence-corrected chi connectivity index (χ3v) is 7.60. The molecule has 3 heterocycles. The predicted molar refractivity (Wildman–Crippen MR) is 113 cm³/mol. The van der Waals surface area contributed by atoms with E-state index in [2.05, 4.69) is 10.3 Å². The number of hydrogen-bond donors (Lipinski definition) is 2. The molecule has 1 amide bonds. The zero-order valence-corrected chi connectivity index (χ0v) is 18.2. The molecule has 0 unspecified atom stereocenters. The van der Waals surface area contributed by atoms with Crippen LogP contribution in [0.4, 0.5) is 18.9 Å². The zero-order valence-electron chi connectivity index (χ0n) is 16.6. The summed E-state index contributed by atoms with van der Waals surface area (Å²) in [6, 6.07) is 4.71. The van der Waals surface area contributed by atoms with E-state index in [9.17, 15) is 31.2 Å². The molecule has 0 fully saturated rings. The molecule has 0 atom stereocenters. The molecule has 32 heavy (non-hydrogen) atoms. The Bertz CT molecular complexity index is 1380. The summed E-state index contributed by atoms with van der Waals surface area (Å²) >= 11 is 1.10. The standard InChI is InChI=1S/C19H17F3N4O4S2/c1-10-14-17(25-13-3-2-8-26(13)18(14)28)31-15(10)16(27)24-11-4-6-12(7-5-11)32(29,30)23-9-19(20,21)22/h4-7,23H,2-3,8-9H2,1H3,(H,24,27). The second-order valence-electron chi connectivity index (χ2n) is 7.24. The second kappa shape index (κ2) is 7.98. The van der Waals surface area contributed by atoms with Crippen molar-refractivity contribution < 1.29 is 26.4 Å². The summed E-state index contributed by atoms with van der Waals surface area (Å²) in [5, 5.41) is 3.02. The molecular formula is C19H17F3N4O4S2. The number of benzene rings is 1. The molecule has 8 nitrogen and oxygen atoms in total. The van der Waals surface area contributed by atoms with E-state index in [-0.39, 0.29) is 16.1 Å². The van der Waals surface area contributed by atoms with E-state index in [1.165, 1.54) is 16.9 Å². The Kier molecular flexibility index (Phi) is 5.59. The van der Waals surface area contributed by atoms with Crippen molar-refractivity contribution >= 4 is 43.2 Å². The number of amides is 1. The molecule has 13 heteroatoms. The maximum atomic E-state index is 12.8. The number of halogens is 3. The van der Waals surface area contributed by atoms with Crippen LogP contribution in [0.5, 0.6) is 0 Å². The molecule has 2 N–H and O–H groups in total. The molecule has 0 bridgehead atoms. The first kappa shape index (κ1) is 22.4. The van der Waals surface area contributed by atoms with Gasteiger partial charge < -0.3 is 5.32 Å². The van der Waals surface area contributed by atoms with E-state index in [4.69, 9.17) is 0 Å². The lowest BCUT2D eigenvalue weighted by Crippen LogP contribution is -2.33. The molecule has 1 aromatic carbocycles. The van der Waals surface area contributed by atoms with Gasteiger partial charge in [-0.2, -0.15) is 13.2 Å². The number of hydrogen-bond acceptors (Lipinski definition) is 6. The molecule has 3 aromatic rings. The fourth-order valence-electron chi connectivity index (χ4n) is 3.46. The van der Waals surface area contributed by atoms with Gasteiger partial charge in [-0.25, -0.2) is 18.1 Å². The van der Waals surface area contributed by atoms with Gasteiger partial charge in [-0.3, -0.25) is 14.2 Å². The highest BCUT2D eigenvalue weighted by Gasteiger charge is 2.30. The Morgan fingerprint density at radius 1 is 1.25 bits per heavy atom. The lowest BCUT2D eigenvalue weighted by atomic mass is 10.2. The normalized spacial score (nSPS) is 14.0. The predicted octanol–water partition coefficient (Wildman–Crippen LogP) is 2.81. The highest BCUT2D eigenvalue weighted by molar-refractivity contribution is 7.89. The minimum Gasteiger partial charge on any atom is -0.321 e. The average Bonchev–Trinajstić information content (AvgIpc) is 3.31. The number of carbonyl (C=O) groups is 1. The number of aryl methyl sites for hydroxylation is 2. The van der Waals surface area contributed by atoms with Gasteiger partial charge in [0.1, 0.15) is 17.2 Å². The first-order valence-electron chi connectivity index (χ1n) is 9.47. The molecule has 0 saturated heterocycles. The SMILES string of the molecule is Cc1c(C(=O)Nc2ccc(S(=O)(=O)NCC(F)(F)F)cc2)sc2nc3n(c(=O)c12)CCC3. The fourth-order valence-corrected chi connectivity index (χ4v) is 5.56. The molecular weight excluding hydrogens is 469 g/mol. The van der Waals surface area contributed by atoms with Crippen LogP contribution in [0.25, 0.3) is 10.2 Å². The molecule has 0 radical (unpaired) electrons. The van der Waals surface area contributed by atoms with Gasteiger partial charge in [-0.05, 0) is 43.2 Å². The maximum Gasteiger partial charge on any atom is 0.402 e. The molecule has 0 saturated carbocycles. The van der Waals surface area contributed by atoms with Crippen molar-refractivity contribution in [2.75, 3.05) is 11.9 Å². The number of carbonyl (C=O) groups excluding carboxylic acids is 1. The van der Waals surface area contributed by atoms with Gasteiger partial charge in [-0.15, -0.1) is 11.3 Å². The number of nitrogens with zero attached hydrogens (tertiary/aromatic N) is 2. The number of nitrogens with one attached hydrogen (secondary N) is 2. The van der Waals surface area contributed by atoms with Crippen LogP contribution >= 0.6 is 11.3 Å². The van der Waals surface area contributed by atoms with Crippen molar-refractivity contribution in [3.05, 3.63) is 50.9 Å². The molecule has 1 aliphatic heterocycles. The van der Waals surface area contributed by atoms with Crippen LogP contribution in [0, 0.1) is 6.92 Å². The number of thiophene rings is 1. The topological polar surface area (TPSA) is 110 Å². The zero-order chi connectivity index (χ0) is 23.3. The minimum atomic E-state index is -4.68. The number of rotatable bonds is 5. The summed E-state index contributed by atoms with van der Waals surface area (Å²) in [7, 11) is -4.35. The first-order valence-corrected chi connectivity index (χ1v) is 11.8. The van der Waals surface area contributed by atoms with Gasteiger partial charge in [0.25, 0.3) is 11.5 Å². The monoisotopic (exact) mass is 486 g/mol. The summed E-state index contributed by atoms with van der Waals surface area (Å²) in [4.78, 5) is 30.4. The van der Waals surface area contributed by atoms with Gasteiger partial charge in [-0.1, -0.05) is 0 Å². The Morgan fingerprint density at radius 2 is 1.94 bits per heavy atom. The van der Waals surface area contributed by atoms with Crippen molar-refractivity contribution in [2.45, 2.75) is 37.4 Å². The van der Waals surface area contributed by atoms with E-state index in [0.717, 1.165) is 29.9 Å². The maximum absolute atomic E-state index is 12.8. The van der Waals surface area contributed by atoms with Crippen LogP contribution in [0.1, 0.15) is 27.5 Å². The van der Waals surface area contributed by atoms with Gasteiger partial charge in [0.05, 0.1) is 15.2 Å². The number of sulfonamides is 1. The number of anilines is 1. The lowest BCUT2D eigenvalue weighted by molar-refractivity contribution is -0.121. The van der Waals surface area contributed by atoms with Crippen molar-refractivity contribution in [1.29, 1.82) is 0 Å². The molecule has 4 rings (SSSR count). The van der Waals surface area contributed by atoms with E-state index >= 15 is 0 Å². The highest BCUT2D eigenvalue weighted by atomic mass is 32.2. The van der Waals surface area contributed by atoms with Gasteiger partial charge in [0, 0.05) is 18.7 Å². The highest BCUT2D eigenvalue weighted by Crippen LogP contribution is 2.29. The molecule has 1 aliphatic rings. The second-order valence-corrected chi connectivity index (χ2v) is 10.0. The quantitative estimate of drug-likeness (QED) is 0.576. The summed E-state index contributed by atoms with van der Waals surface area (Å²) in [5.74, 6) is 0.201. The molecule has 0 spiro atoms. The average molecular weight is 486 g/mol. The number of fused-ring (bicyclic) bond motifs is 2. The summed E-state index contributed by atoms with van der Waals surface area (Å²) in [5.41, 5.74) is 0.586. The van der Waals surface area contributed by atoms with E-state index in [0.29, 0.717) is 39.4 Å². The number of alkyl halides is 3. The summed E-state index contributed by atoms with van der Waals surface area (Å²) < 4.78 is 63.8. The van der Waals surface area contributed by atoms with Gasteiger partial charge in [0.15, 0.2) is 0 Å². The van der Waals surface area contributed by atoms with Crippen LogP contribution < -0.4 is 15.6 Å². The first-order chi connectivity index (χ1) is 15.0. The van der Waals surface area contributed by atoms with Gasteiger partial charge in [0.2, 0.25) is 10.0 Å². The Labute approximate surface area is 184 Å². The van der Waals surface area contributed by atoms with E-state index < -0.39 is 28.7 Å². The Morgan fingerprint density at radius 3 is 2.59 bits per heavy atom. The van der Waals surface area contributed by atoms with Crippen LogP contribution in [-0.2, 0) is 23.0 Å². The van der Waals surface area contributed by atoms with Crippen molar-refractivity contribution in [3.8, 4) is 0 Å². The van der Waals surface area contributed by atoms with Crippen LogP contribution in [0.2, 0.25) is 0 Å². The number of aromatic nitrogens is 2. The van der Waals surface area contributed by atoms with E-state index in [1.54, 1.807) is 11.5 Å². The van der Waals surface area contributed by atoms with Crippen LogP contribution in [0.15, 0.2) is 34.0 Å². The van der Waals surface area contributed by atoms with Gasteiger partial charge >= 0.3 is 6.18 Å². The lowest BCUT2D eigenvalue weighted by Gasteiger charge is -2.10. The fraction of sp³-hybridized carbons (Fsp3) is 0.316. The van der Waals surface area contributed by atoms with Crippen molar-refractivity contribution in [1.82, 2.24) is 14.3 Å². The van der Waals surface area contributed by atoms with Crippen molar-refractivity contribution in [2.24, 2.45) is 0 Å². The minimum absolute atomic E-state index is 0.170. The Hall–Kier alpha value is -2.77. The molecule has 170 valence electrons. The third-order valence-electron chi connectivity index (χ3n) is 5.00. The van der Waals surface area contributed by atoms with Crippen molar-refractivity contribution in [3.63, 3.8) is 0 Å².